The molecule has 1 aliphatic rings. The SMILES string of the molecule is CCCS(=O)(=O)N1CCC(NC(C)c2cccc(CO)c2)CC1. The van der Waals surface area contributed by atoms with Crippen LogP contribution in [0, 0.1) is 0 Å². The number of nitrogens with one attached hydrogen (secondary N) is 1. The fourth-order valence-electron chi connectivity index (χ4n) is 3.10. The first-order valence-corrected chi connectivity index (χ1v) is 10.0. The Morgan fingerprint density at radius 2 is 2.04 bits per heavy atom. The zero-order valence-electron chi connectivity index (χ0n) is 14.0. The summed E-state index contributed by atoms with van der Waals surface area (Å²) in [5.41, 5.74) is 2.06. The van der Waals surface area contributed by atoms with E-state index in [2.05, 4.69) is 18.3 Å². The molecule has 0 spiro atoms. The van der Waals surface area contributed by atoms with Gasteiger partial charge < -0.3 is 10.4 Å². The number of piperidine rings is 1. The molecule has 1 atom stereocenters. The number of sulfonamides is 1. The second kappa shape index (κ2) is 8.24. The van der Waals surface area contributed by atoms with Crippen LogP contribution in [0.25, 0.3) is 0 Å². The molecule has 1 saturated heterocycles. The number of aliphatic hydroxyl groups is 1. The van der Waals surface area contributed by atoms with Crippen molar-refractivity contribution in [1.82, 2.24) is 9.62 Å². The van der Waals surface area contributed by atoms with Crippen molar-refractivity contribution in [2.45, 2.75) is 51.8 Å². The molecule has 0 saturated carbocycles. The highest BCUT2D eigenvalue weighted by Gasteiger charge is 2.27. The molecule has 0 amide bonds. The van der Waals surface area contributed by atoms with Crippen LogP contribution >= 0.6 is 0 Å². The van der Waals surface area contributed by atoms with Gasteiger partial charge in [0.25, 0.3) is 0 Å². The van der Waals surface area contributed by atoms with E-state index in [9.17, 15) is 13.5 Å². The highest BCUT2D eigenvalue weighted by Crippen LogP contribution is 2.20. The molecule has 2 rings (SSSR count). The minimum atomic E-state index is -3.07. The summed E-state index contributed by atoms with van der Waals surface area (Å²) in [7, 11) is -3.07. The maximum Gasteiger partial charge on any atom is 0.214 e. The first-order valence-electron chi connectivity index (χ1n) is 8.40. The fourth-order valence-corrected chi connectivity index (χ4v) is 4.64. The van der Waals surface area contributed by atoms with E-state index in [0.29, 0.717) is 25.6 Å². The summed E-state index contributed by atoms with van der Waals surface area (Å²) in [6, 6.07) is 8.45. The van der Waals surface area contributed by atoms with E-state index in [4.69, 9.17) is 0 Å². The lowest BCUT2D eigenvalue weighted by Crippen LogP contribution is -2.46. The van der Waals surface area contributed by atoms with Crippen LogP contribution in [0.4, 0.5) is 0 Å². The highest BCUT2D eigenvalue weighted by molar-refractivity contribution is 7.89. The van der Waals surface area contributed by atoms with E-state index < -0.39 is 10.0 Å². The Morgan fingerprint density at radius 3 is 2.65 bits per heavy atom. The van der Waals surface area contributed by atoms with Gasteiger partial charge in [-0.05, 0) is 37.3 Å². The normalized spacial score (nSPS) is 18.9. The van der Waals surface area contributed by atoms with Gasteiger partial charge in [-0.25, -0.2) is 12.7 Å². The third-order valence-electron chi connectivity index (χ3n) is 4.43. The van der Waals surface area contributed by atoms with E-state index in [0.717, 1.165) is 24.0 Å². The first kappa shape index (κ1) is 18.4. The van der Waals surface area contributed by atoms with Gasteiger partial charge >= 0.3 is 0 Å². The second-order valence-electron chi connectivity index (χ2n) is 6.28. The maximum atomic E-state index is 12.1. The van der Waals surface area contributed by atoms with Crippen LogP contribution < -0.4 is 5.32 Å². The van der Waals surface area contributed by atoms with Gasteiger partial charge in [0.15, 0.2) is 0 Å². The number of hydrogen-bond acceptors (Lipinski definition) is 4. The van der Waals surface area contributed by atoms with Crippen LogP contribution in [0.2, 0.25) is 0 Å². The minimum Gasteiger partial charge on any atom is -0.392 e. The summed E-state index contributed by atoms with van der Waals surface area (Å²) >= 11 is 0. The van der Waals surface area contributed by atoms with Gasteiger partial charge in [-0.15, -0.1) is 0 Å². The third kappa shape index (κ3) is 5.01. The van der Waals surface area contributed by atoms with E-state index in [1.807, 2.05) is 25.1 Å². The Labute approximate surface area is 139 Å². The van der Waals surface area contributed by atoms with Crippen LogP contribution in [0.15, 0.2) is 24.3 Å². The van der Waals surface area contributed by atoms with E-state index in [-0.39, 0.29) is 18.4 Å². The summed E-state index contributed by atoms with van der Waals surface area (Å²) < 4.78 is 25.8. The van der Waals surface area contributed by atoms with Gasteiger partial charge in [0, 0.05) is 25.2 Å². The fraction of sp³-hybridized carbons (Fsp3) is 0.647. The van der Waals surface area contributed by atoms with Gasteiger partial charge in [0.1, 0.15) is 0 Å². The lowest BCUT2D eigenvalue weighted by Gasteiger charge is -2.33. The molecule has 2 N–H and O–H groups in total. The zero-order valence-corrected chi connectivity index (χ0v) is 14.8. The first-order chi connectivity index (χ1) is 11.0. The minimum absolute atomic E-state index is 0.0498. The monoisotopic (exact) mass is 340 g/mol. The van der Waals surface area contributed by atoms with Gasteiger partial charge in [-0.2, -0.15) is 0 Å². The standard InChI is InChI=1S/C17H28N2O3S/c1-3-11-23(21,22)19-9-7-17(8-10-19)18-14(2)16-6-4-5-15(12-16)13-20/h4-6,12,14,17-18,20H,3,7-11,13H2,1-2H3. The van der Waals surface area contributed by atoms with Crippen molar-refractivity contribution in [2.75, 3.05) is 18.8 Å². The molecule has 1 fully saturated rings. The number of rotatable bonds is 7. The largest absolute Gasteiger partial charge is 0.392 e. The predicted octanol–water partition coefficient (Wildman–Crippen LogP) is 2.03. The number of nitrogens with zero attached hydrogens (tertiary/aromatic N) is 1. The van der Waals surface area contributed by atoms with Crippen LogP contribution in [-0.2, 0) is 16.6 Å². The molecule has 0 bridgehead atoms. The summed E-state index contributed by atoms with van der Waals surface area (Å²) in [5, 5.41) is 12.8. The summed E-state index contributed by atoms with van der Waals surface area (Å²) in [6.07, 6.45) is 2.35. The van der Waals surface area contributed by atoms with E-state index in [1.165, 1.54) is 0 Å². The molecule has 5 nitrogen and oxygen atoms in total. The topological polar surface area (TPSA) is 69.6 Å². The Balaban J connectivity index is 1.88. The molecular formula is C17H28N2O3S. The van der Waals surface area contributed by atoms with Crippen LogP contribution in [0.3, 0.4) is 0 Å². The van der Waals surface area contributed by atoms with Gasteiger partial charge in [0.05, 0.1) is 12.4 Å². The molecule has 1 heterocycles. The Hall–Kier alpha value is -0.950. The Bertz CT molecular complexity index is 596. The molecule has 130 valence electrons. The predicted molar refractivity (Wildman–Crippen MR) is 92.6 cm³/mol. The average Bonchev–Trinajstić information content (AvgIpc) is 2.55. The maximum absolute atomic E-state index is 12.1. The molecule has 23 heavy (non-hydrogen) atoms. The van der Waals surface area contributed by atoms with Crippen molar-refractivity contribution >= 4 is 10.0 Å². The number of aliphatic hydroxyl groups excluding tert-OH is 1. The summed E-state index contributed by atoms with van der Waals surface area (Å²) in [5.74, 6) is 0.245. The van der Waals surface area contributed by atoms with Crippen molar-refractivity contribution in [1.29, 1.82) is 0 Å². The van der Waals surface area contributed by atoms with Crippen LogP contribution in [-0.4, -0.2) is 42.7 Å². The molecule has 0 radical (unpaired) electrons. The zero-order chi connectivity index (χ0) is 16.9. The molecule has 1 aromatic rings. The Morgan fingerprint density at radius 1 is 1.35 bits per heavy atom. The highest BCUT2D eigenvalue weighted by atomic mass is 32.2. The summed E-state index contributed by atoms with van der Waals surface area (Å²) in [6.45, 7) is 5.26. The van der Waals surface area contributed by atoms with Crippen molar-refractivity contribution in [2.24, 2.45) is 0 Å². The lowest BCUT2D eigenvalue weighted by molar-refractivity contribution is 0.276. The smallest absolute Gasteiger partial charge is 0.214 e. The van der Waals surface area contributed by atoms with E-state index >= 15 is 0 Å². The third-order valence-corrected chi connectivity index (χ3v) is 6.50. The van der Waals surface area contributed by atoms with Gasteiger partial charge in [0.2, 0.25) is 10.0 Å². The number of benzene rings is 1. The van der Waals surface area contributed by atoms with Crippen molar-refractivity contribution in [3.05, 3.63) is 35.4 Å². The van der Waals surface area contributed by atoms with Gasteiger partial charge in [-0.3, -0.25) is 0 Å². The summed E-state index contributed by atoms with van der Waals surface area (Å²) in [4.78, 5) is 0. The Kier molecular flexibility index (Phi) is 6.59. The molecule has 1 unspecified atom stereocenters. The number of hydrogen-bond donors (Lipinski definition) is 2. The lowest BCUT2D eigenvalue weighted by atomic mass is 10.0. The van der Waals surface area contributed by atoms with Crippen molar-refractivity contribution < 1.29 is 13.5 Å². The molecule has 1 aromatic carbocycles. The van der Waals surface area contributed by atoms with Gasteiger partial charge in [-0.1, -0.05) is 31.2 Å². The van der Waals surface area contributed by atoms with E-state index in [1.54, 1.807) is 4.31 Å². The molecule has 0 aliphatic carbocycles. The van der Waals surface area contributed by atoms with Crippen LogP contribution in [0.1, 0.15) is 50.3 Å². The van der Waals surface area contributed by atoms with Crippen LogP contribution in [0.5, 0.6) is 0 Å². The molecule has 0 aromatic heterocycles. The van der Waals surface area contributed by atoms with Crippen molar-refractivity contribution in [3.8, 4) is 0 Å². The molecular weight excluding hydrogens is 312 g/mol. The second-order valence-corrected chi connectivity index (χ2v) is 8.37. The average molecular weight is 340 g/mol. The molecule has 6 heteroatoms. The molecule has 1 aliphatic heterocycles. The van der Waals surface area contributed by atoms with Crippen molar-refractivity contribution in [3.63, 3.8) is 0 Å². The quantitative estimate of drug-likeness (QED) is 0.797.